The van der Waals surface area contributed by atoms with Crippen LogP contribution in [-0.2, 0) is 14.4 Å². The molecule has 2 aliphatic heterocycles. The van der Waals surface area contributed by atoms with Crippen molar-refractivity contribution in [1.29, 1.82) is 0 Å². The number of piperidine rings is 1. The highest BCUT2D eigenvalue weighted by Crippen LogP contribution is 2.45. The van der Waals surface area contributed by atoms with Gasteiger partial charge in [-0.05, 0) is 50.7 Å². The lowest BCUT2D eigenvalue weighted by atomic mass is 9.88. The van der Waals surface area contributed by atoms with Crippen LogP contribution in [0.3, 0.4) is 0 Å². The molecule has 1 spiro atoms. The molecule has 2 aliphatic carbocycles. The summed E-state index contributed by atoms with van der Waals surface area (Å²) in [6.07, 6.45) is 10.7. The van der Waals surface area contributed by atoms with Gasteiger partial charge >= 0.3 is 0 Å². The smallest absolute Gasteiger partial charge is 0.250 e. The number of carbonyl (C=O) groups excluding carboxylic acids is 3. The van der Waals surface area contributed by atoms with E-state index in [1.807, 2.05) is 29.2 Å². The fourth-order valence-corrected chi connectivity index (χ4v) is 6.31. The molecule has 0 radical (unpaired) electrons. The van der Waals surface area contributed by atoms with E-state index in [2.05, 4.69) is 15.5 Å². The topological polar surface area (TPSA) is 81.8 Å². The van der Waals surface area contributed by atoms with E-state index in [0.29, 0.717) is 19.4 Å². The molecular weight excluding hydrogens is 416 g/mol. The summed E-state index contributed by atoms with van der Waals surface area (Å²) in [5, 5.41) is 6.32. The molecule has 2 heterocycles. The van der Waals surface area contributed by atoms with Gasteiger partial charge < -0.3 is 10.6 Å². The molecule has 1 aromatic rings. The number of nitrogens with one attached hydrogen (secondary N) is 2. The Kier molecular flexibility index (Phi) is 6.41. The molecule has 0 bridgehead atoms. The van der Waals surface area contributed by atoms with E-state index < -0.39 is 5.54 Å². The van der Waals surface area contributed by atoms with E-state index in [1.54, 1.807) is 0 Å². The lowest BCUT2D eigenvalue weighted by Gasteiger charge is -2.45. The summed E-state index contributed by atoms with van der Waals surface area (Å²) in [4.78, 5) is 43.3. The number of fused-ring (bicyclic) bond motifs is 1. The van der Waals surface area contributed by atoms with Crippen molar-refractivity contribution >= 4 is 29.1 Å². The number of amides is 3. The highest BCUT2D eigenvalue weighted by atomic mass is 16.2. The summed E-state index contributed by atoms with van der Waals surface area (Å²) < 4.78 is 0. The summed E-state index contributed by atoms with van der Waals surface area (Å²) in [5.41, 5.74) is 0.786. The summed E-state index contributed by atoms with van der Waals surface area (Å²) in [5.74, 6) is 0.370. The third-order valence-electron chi connectivity index (χ3n) is 8.19. The van der Waals surface area contributed by atoms with Crippen LogP contribution in [-0.4, -0.2) is 53.8 Å². The molecule has 0 unspecified atom stereocenters. The first-order valence-corrected chi connectivity index (χ1v) is 12.8. The molecule has 2 saturated carbocycles. The Morgan fingerprint density at radius 3 is 2.39 bits per heavy atom. The quantitative estimate of drug-likeness (QED) is 0.733. The maximum absolute atomic E-state index is 13.6. The minimum atomic E-state index is -0.752. The van der Waals surface area contributed by atoms with Crippen LogP contribution in [0, 0.1) is 5.92 Å². The van der Waals surface area contributed by atoms with E-state index in [-0.39, 0.29) is 29.7 Å². The molecule has 33 heavy (non-hydrogen) atoms. The van der Waals surface area contributed by atoms with Crippen LogP contribution < -0.4 is 15.5 Å². The summed E-state index contributed by atoms with van der Waals surface area (Å²) >= 11 is 0. The van der Waals surface area contributed by atoms with Crippen LogP contribution in [0.4, 0.5) is 11.4 Å². The predicted molar refractivity (Wildman–Crippen MR) is 128 cm³/mol. The van der Waals surface area contributed by atoms with Gasteiger partial charge in [-0.25, -0.2) is 0 Å². The fraction of sp³-hybridized carbons (Fsp3) is 0.654. The van der Waals surface area contributed by atoms with Gasteiger partial charge in [0.15, 0.2) is 0 Å². The summed E-state index contributed by atoms with van der Waals surface area (Å²) in [6.45, 7) is 1.89. The molecule has 4 aliphatic rings. The monoisotopic (exact) mass is 452 g/mol. The third-order valence-corrected chi connectivity index (χ3v) is 8.19. The first kappa shape index (κ1) is 22.4. The molecule has 7 nitrogen and oxygen atoms in total. The zero-order chi connectivity index (χ0) is 22.8. The van der Waals surface area contributed by atoms with E-state index >= 15 is 0 Å². The number of benzene rings is 1. The average molecular weight is 453 g/mol. The van der Waals surface area contributed by atoms with Gasteiger partial charge in [0.25, 0.3) is 5.91 Å². The molecule has 1 saturated heterocycles. The number of hydrogen-bond donors (Lipinski definition) is 2. The number of para-hydroxylation sites is 2. The average Bonchev–Trinajstić information content (AvgIpc) is 3.32. The fourth-order valence-electron chi connectivity index (χ4n) is 6.31. The van der Waals surface area contributed by atoms with Gasteiger partial charge in [0, 0.05) is 25.0 Å². The van der Waals surface area contributed by atoms with E-state index in [9.17, 15) is 14.4 Å². The van der Waals surface area contributed by atoms with Crippen molar-refractivity contribution in [3.05, 3.63) is 24.3 Å². The number of hydrogen-bond acceptors (Lipinski definition) is 4. The highest BCUT2D eigenvalue weighted by Gasteiger charge is 2.52. The van der Waals surface area contributed by atoms with Crippen molar-refractivity contribution in [2.75, 3.05) is 29.9 Å². The van der Waals surface area contributed by atoms with Gasteiger partial charge in [0.1, 0.15) is 5.54 Å². The third kappa shape index (κ3) is 4.39. The Balaban J connectivity index is 1.21. The number of anilines is 2. The van der Waals surface area contributed by atoms with Gasteiger partial charge in [-0.1, -0.05) is 44.2 Å². The second-order valence-electron chi connectivity index (χ2n) is 10.3. The molecular formula is C26H36N4O3. The standard InChI is InChI=1S/C26H36N4O3/c31-23(18-29-16-12-20(13-17-29)27-24(32)19-8-2-1-3-9-19)30-22-11-5-4-10-21(22)28-25(33)26(30)14-6-7-15-26/h4-5,10-11,19-20H,1-3,6-9,12-18H2,(H,27,32)(H,28,33). The van der Waals surface area contributed by atoms with Gasteiger partial charge in [0.05, 0.1) is 17.9 Å². The Morgan fingerprint density at radius 2 is 1.67 bits per heavy atom. The molecule has 0 atom stereocenters. The lowest BCUT2D eigenvalue weighted by Crippen LogP contribution is -2.62. The number of likely N-dealkylation sites (tertiary alicyclic amines) is 1. The number of carbonyl (C=O) groups is 3. The second kappa shape index (κ2) is 9.45. The van der Waals surface area contributed by atoms with Gasteiger partial charge in [0.2, 0.25) is 11.8 Å². The number of nitrogens with zero attached hydrogens (tertiary/aromatic N) is 2. The molecule has 2 N–H and O–H groups in total. The molecule has 1 aromatic carbocycles. The minimum Gasteiger partial charge on any atom is -0.353 e. The Bertz CT molecular complexity index is 897. The van der Waals surface area contributed by atoms with Crippen molar-refractivity contribution in [2.45, 2.75) is 82.2 Å². The first-order valence-electron chi connectivity index (χ1n) is 12.8. The Hall–Kier alpha value is -2.41. The van der Waals surface area contributed by atoms with Crippen molar-refractivity contribution in [1.82, 2.24) is 10.2 Å². The predicted octanol–water partition coefficient (Wildman–Crippen LogP) is 3.45. The summed E-state index contributed by atoms with van der Waals surface area (Å²) in [6, 6.07) is 7.84. The van der Waals surface area contributed by atoms with Gasteiger partial charge in [-0.2, -0.15) is 0 Å². The molecule has 3 fully saturated rings. The normalized spacial score (nSPS) is 23.9. The van der Waals surface area contributed by atoms with Crippen LogP contribution in [0.1, 0.15) is 70.6 Å². The molecule has 7 heteroatoms. The molecule has 5 rings (SSSR count). The lowest BCUT2D eigenvalue weighted by molar-refractivity contribution is -0.128. The zero-order valence-corrected chi connectivity index (χ0v) is 19.5. The Morgan fingerprint density at radius 1 is 0.970 bits per heavy atom. The van der Waals surface area contributed by atoms with E-state index in [1.165, 1.54) is 6.42 Å². The second-order valence-corrected chi connectivity index (χ2v) is 10.3. The number of rotatable bonds is 4. The highest BCUT2D eigenvalue weighted by molar-refractivity contribution is 6.15. The van der Waals surface area contributed by atoms with Crippen molar-refractivity contribution < 1.29 is 14.4 Å². The maximum atomic E-state index is 13.6. The SMILES string of the molecule is O=C(NC1CCN(CC(=O)N2c3ccccc3NC(=O)C23CCCC3)CC1)C1CCCCC1. The summed E-state index contributed by atoms with van der Waals surface area (Å²) in [7, 11) is 0. The Labute approximate surface area is 196 Å². The maximum Gasteiger partial charge on any atom is 0.250 e. The van der Waals surface area contributed by atoms with Crippen LogP contribution in [0.2, 0.25) is 0 Å². The van der Waals surface area contributed by atoms with E-state index in [4.69, 9.17) is 0 Å². The van der Waals surface area contributed by atoms with Gasteiger partial charge in [-0.3, -0.25) is 24.2 Å². The van der Waals surface area contributed by atoms with Crippen molar-refractivity contribution in [3.63, 3.8) is 0 Å². The van der Waals surface area contributed by atoms with Crippen LogP contribution in [0.25, 0.3) is 0 Å². The first-order chi connectivity index (χ1) is 16.1. The van der Waals surface area contributed by atoms with Crippen LogP contribution in [0.5, 0.6) is 0 Å². The van der Waals surface area contributed by atoms with E-state index in [0.717, 1.165) is 75.8 Å². The largest absolute Gasteiger partial charge is 0.353 e. The van der Waals surface area contributed by atoms with Gasteiger partial charge in [-0.15, -0.1) is 0 Å². The van der Waals surface area contributed by atoms with Crippen molar-refractivity contribution in [3.8, 4) is 0 Å². The van der Waals surface area contributed by atoms with Crippen molar-refractivity contribution in [2.24, 2.45) is 5.92 Å². The van der Waals surface area contributed by atoms with Crippen LogP contribution in [0.15, 0.2) is 24.3 Å². The zero-order valence-electron chi connectivity index (χ0n) is 19.5. The molecule has 3 amide bonds. The molecule has 0 aromatic heterocycles. The minimum absolute atomic E-state index is 0.00360. The molecule has 178 valence electrons. The van der Waals surface area contributed by atoms with Crippen LogP contribution >= 0.6 is 0 Å².